The first-order valence-corrected chi connectivity index (χ1v) is 11.1. The Morgan fingerprint density at radius 1 is 1.15 bits per heavy atom. The fourth-order valence-electron chi connectivity index (χ4n) is 3.68. The van der Waals surface area contributed by atoms with Gasteiger partial charge in [-0.05, 0) is 37.0 Å². The first kappa shape index (κ1) is 20.3. The molecule has 27 heavy (non-hydrogen) atoms. The third-order valence-electron chi connectivity index (χ3n) is 5.30. The van der Waals surface area contributed by atoms with Gasteiger partial charge in [0.2, 0.25) is 10.0 Å². The van der Waals surface area contributed by atoms with Crippen molar-refractivity contribution < 1.29 is 17.9 Å². The van der Waals surface area contributed by atoms with Crippen molar-refractivity contribution in [3.8, 4) is 0 Å². The number of carbonyl (C=O) groups is 1. The molecular formula is C19H29N3O4S. The summed E-state index contributed by atoms with van der Waals surface area (Å²) in [6.07, 6.45) is 2.97. The Labute approximate surface area is 161 Å². The van der Waals surface area contributed by atoms with Crippen LogP contribution in [0.3, 0.4) is 0 Å². The Balaban J connectivity index is 1.58. The van der Waals surface area contributed by atoms with Crippen LogP contribution in [0.5, 0.6) is 0 Å². The lowest BCUT2D eigenvalue weighted by Gasteiger charge is -2.35. The molecule has 2 saturated heterocycles. The van der Waals surface area contributed by atoms with Gasteiger partial charge in [-0.25, -0.2) is 8.42 Å². The fourth-order valence-corrected chi connectivity index (χ4v) is 5.10. The smallest absolute Gasteiger partial charge is 0.251 e. The van der Waals surface area contributed by atoms with E-state index < -0.39 is 16.1 Å². The molecule has 2 aliphatic heterocycles. The van der Waals surface area contributed by atoms with E-state index in [9.17, 15) is 13.2 Å². The van der Waals surface area contributed by atoms with Gasteiger partial charge in [-0.15, -0.1) is 0 Å². The maximum Gasteiger partial charge on any atom is 0.251 e. The lowest BCUT2D eigenvalue weighted by atomic mass is 10.1. The van der Waals surface area contributed by atoms with Crippen molar-refractivity contribution >= 4 is 15.9 Å². The highest BCUT2D eigenvalue weighted by atomic mass is 32.2. The van der Waals surface area contributed by atoms with Crippen molar-refractivity contribution in [3.05, 3.63) is 29.8 Å². The molecule has 0 aromatic heterocycles. The summed E-state index contributed by atoms with van der Waals surface area (Å²) >= 11 is 0. The molecule has 8 heteroatoms. The number of carbonyl (C=O) groups excluding carboxylic acids is 1. The van der Waals surface area contributed by atoms with Gasteiger partial charge in [-0.1, -0.05) is 25.5 Å². The summed E-state index contributed by atoms with van der Waals surface area (Å²) < 4.78 is 32.8. The molecule has 2 heterocycles. The highest BCUT2D eigenvalue weighted by Crippen LogP contribution is 2.23. The molecule has 1 aromatic carbocycles. The molecule has 150 valence electrons. The number of hydrogen-bond donors (Lipinski definition) is 1. The van der Waals surface area contributed by atoms with Gasteiger partial charge in [-0.3, -0.25) is 4.79 Å². The summed E-state index contributed by atoms with van der Waals surface area (Å²) in [5, 5.41) is 0. The van der Waals surface area contributed by atoms with Crippen LogP contribution in [0.4, 0.5) is 0 Å². The van der Waals surface area contributed by atoms with E-state index in [0.29, 0.717) is 44.0 Å². The second-order valence-electron chi connectivity index (χ2n) is 7.18. The van der Waals surface area contributed by atoms with Gasteiger partial charge >= 0.3 is 0 Å². The molecule has 2 fully saturated rings. The average Bonchev–Trinajstić information content (AvgIpc) is 3.17. The van der Waals surface area contributed by atoms with Crippen LogP contribution in [0.25, 0.3) is 0 Å². The average molecular weight is 396 g/mol. The monoisotopic (exact) mass is 395 g/mol. The number of nitrogens with zero attached hydrogens (tertiary/aromatic N) is 2. The third kappa shape index (κ3) is 4.51. The molecule has 1 amide bonds. The molecule has 2 aliphatic rings. The highest BCUT2D eigenvalue weighted by molar-refractivity contribution is 7.89. The van der Waals surface area contributed by atoms with Crippen molar-refractivity contribution in [2.75, 3.05) is 32.7 Å². The normalized spacial score (nSPS) is 24.3. The van der Waals surface area contributed by atoms with Crippen LogP contribution in [0.15, 0.2) is 29.2 Å². The fraction of sp³-hybridized carbons (Fsp3) is 0.632. The van der Waals surface area contributed by atoms with E-state index in [2.05, 4.69) is 6.92 Å². The zero-order chi connectivity index (χ0) is 19.4. The van der Waals surface area contributed by atoms with E-state index in [0.717, 1.165) is 24.8 Å². The summed E-state index contributed by atoms with van der Waals surface area (Å²) in [6.45, 7) is 3.90. The number of hydrogen-bond acceptors (Lipinski definition) is 5. The summed E-state index contributed by atoms with van der Waals surface area (Å²) in [6, 6.07) is 7.11. The Morgan fingerprint density at radius 3 is 2.37 bits per heavy atom. The quantitative estimate of drug-likeness (QED) is 0.775. The molecule has 2 atom stereocenters. The van der Waals surface area contributed by atoms with E-state index in [1.165, 1.54) is 4.31 Å². The maximum absolute atomic E-state index is 12.9. The van der Waals surface area contributed by atoms with Gasteiger partial charge in [0.05, 0.1) is 11.0 Å². The van der Waals surface area contributed by atoms with E-state index in [-0.39, 0.29) is 12.0 Å². The van der Waals surface area contributed by atoms with Crippen molar-refractivity contribution in [1.29, 1.82) is 0 Å². The van der Waals surface area contributed by atoms with Crippen LogP contribution in [0.2, 0.25) is 0 Å². The third-order valence-corrected chi connectivity index (χ3v) is 7.21. The van der Waals surface area contributed by atoms with Gasteiger partial charge < -0.3 is 15.4 Å². The molecule has 0 unspecified atom stereocenters. The van der Waals surface area contributed by atoms with E-state index >= 15 is 0 Å². The lowest BCUT2D eigenvalue weighted by Crippen LogP contribution is -2.52. The predicted octanol–water partition coefficient (Wildman–Crippen LogP) is 0.978. The number of sulfonamides is 1. The predicted molar refractivity (Wildman–Crippen MR) is 103 cm³/mol. The summed E-state index contributed by atoms with van der Waals surface area (Å²) in [5.74, 6) is -0.0492. The number of rotatable bonds is 6. The Morgan fingerprint density at radius 2 is 1.81 bits per heavy atom. The van der Waals surface area contributed by atoms with E-state index in [4.69, 9.17) is 10.5 Å². The van der Waals surface area contributed by atoms with Gasteiger partial charge in [0, 0.05) is 32.7 Å². The number of ether oxygens (including phenoxy) is 1. The molecule has 0 aliphatic carbocycles. The number of nitrogens with two attached hydrogens (primary N) is 1. The molecule has 7 nitrogen and oxygen atoms in total. The lowest BCUT2D eigenvalue weighted by molar-refractivity contribution is -0.143. The standard InChI is InChI=1S/C19H29N3O4S/c1-2-3-15-4-7-17(8-5-15)27(24,25)22-12-10-21(11-13-22)19(23)18-9-6-16(14-20)26-18/h4-5,7-8,16,18H,2-3,6,9-14,20H2,1H3/t16-,18+/m1/s1. The van der Waals surface area contributed by atoms with Gasteiger partial charge in [0.25, 0.3) is 5.91 Å². The Kier molecular flexibility index (Phi) is 6.52. The van der Waals surface area contributed by atoms with Crippen molar-refractivity contribution in [2.24, 2.45) is 5.73 Å². The van der Waals surface area contributed by atoms with Crippen molar-refractivity contribution in [3.63, 3.8) is 0 Å². The molecule has 0 bridgehead atoms. The number of aryl methyl sites for hydroxylation is 1. The topological polar surface area (TPSA) is 92.9 Å². The number of piperazine rings is 1. The number of amides is 1. The largest absolute Gasteiger partial charge is 0.364 e. The molecule has 1 aromatic rings. The zero-order valence-electron chi connectivity index (χ0n) is 15.8. The van der Waals surface area contributed by atoms with E-state index in [1.54, 1.807) is 17.0 Å². The van der Waals surface area contributed by atoms with Gasteiger partial charge in [0.1, 0.15) is 6.10 Å². The van der Waals surface area contributed by atoms with E-state index in [1.807, 2.05) is 12.1 Å². The minimum Gasteiger partial charge on any atom is -0.364 e. The van der Waals surface area contributed by atoms with Crippen molar-refractivity contribution in [2.45, 2.75) is 49.7 Å². The van der Waals surface area contributed by atoms with Crippen LogP contribution < -0.4 is 5.73 Å². The minimum atomic E-state index is -3.53. The van der Waals surface area contributed by atoms with Crippen LogP contribution in [-0.2, 0) is 26.0 Å². The Bertz CT molecular complexity index is 743. The minimum absolute atomic E-state index is 0.0451. The summed E-state index contributed by atoms with van der Waals surface area (Å²) in [7, 11) is -3.53. The molecule has 0 spiro atoms. The van der Waals surface area contributed by atoms with Gasteiger partial charge in [0.15, 0.2) is 0 Å². The van der Waals surface area contributed by atoms with Crippen LogP contribution >= 0.6 is 0 Å². The molecule has 0 radical (unpaired) electrons. The molecule has 0 saturated carbocycles. The Hall–Kier alpha value is -1.48. The van der Waals surface area contributed by atoms with Crippen LogP contribution in [0.1, 0.15) is 31.7 Å². The first-order chi connectivity index (χ1) is 13.0. The summed E-state index contributed by atoms with van der Waals surface area (Å²) in [4.78, 5) is 14.6. The molecule has 2 N–H and O–H groups in total. The number of benzene rings is 1. The zero-order valence-corrected chi connectivity index (χ0v) is 16.7. The second-order valence-corrected chi connectivity index (χ2v) is 9.12. The second kappa shape index (κ2) is 8.68. The SMILES string of the molecule is CCCc1ccc(S(=O)(=O)N2CCN(C(=O)[C@@H]3CC[C@H](CN)O3)CC2)cc1. The maximum atomic E-state index is 12.9. The van der Waals surface area contributed by atoms with Crippen molar-refractivity contribution in [1.82, 2.24) is 9.21 Å². The van der Waals surface area contributed by atoms with Crippen LogP contribution in [-0.4, -0.2) is 68.5 Å². The first-order valence-electron chi connectivity index (χ1n) is 9.69. The van der Waals surface area contributed by atoms with Crippen LogP contribution in [0, 0.1) is 0 Å². The van der Waals surface area contributed by atoms with Gasteiger partial charge in [-0.2, -0.15) is 4.31 Å². The summed E-state index contributed by atoms with van der Waals surface area (Å²) in [5.41, 5.74) is 6.74. The molecule has 3 rings (SSSR count). The molecular weight excluding hydrogens is 366 g/mol. The highest BCUT2D eigenvalue weighted by Gasteiger charge is 2.36.